The average molecular weight is 372 g/mol. The van der Waals surface area contributed by atoms with Gasteiger partial charge in [-0.2, -0.15) is 0 Å². The Bertz CT molecular complexity index is 812. The third-order valence-electron chi connectivity index (χ3n) is 3.01. The number of anilines is 1. The number of thioether (sulfide) groups is 1. The van der Waals surface area contributed by atoms with Gasteiger partial charge in [-0.3, -0.25) is 14.9 Å². The molecule has 25 heavy (non-hydrogen) atoms. The number of hydrogen-bond acceptors (Lipinski definition) is 5. The van der Waals surface area contributed by atoms with Gasteiger partial charge in [0.2, 0.25) is 0 Å². The number of nitro benzene ring substituents is 1. The SMILES string of the molecule is CSc1ccc([N+](=O)[O-])c(C(=O)Nc2ccccc2OC(F)(F)F)c1. The molecule has 0 saturated heterocycles. The van der Waals surface area contributed by atoms with Gasteiger partial charge in [0, 0.05) is 11.0 Å². The zero-order valence-corrected chi connectivity index (χ0v) is 13.5. The van der Waals surface area contributed by atoms with Crippen LogP contribution in [-0.2, 0) is 0 Å². The van der Waals surface area contributed by atoms with Gasteiger partial charge in [0.25, 0.3) is 11.6 Å². The topological polar surface area (TPSA) is 81.5 Å². The number of rotatable bonds is 5. The summed E-state index contributed by atoms with van der Waals surface area (Å²) in [6.45, 7) is 0. The first-order valence-electron chi connectivity index (χ1n) is 6.70. The summed E-state index contributed by atoms with van der Waals surface area (Å²) in [6.07, 6.45) is -3.22. The normalized spacial score (nSPS) is 11.0. The molecule has 2 rings (SSSR count). The average Bonchev–Trinajstić information content (AvgIpc) is 2.54. The van der Waals surface area contributed by atoms with Crippen LogP contribution in [0.2, 0.25) is 0 Å². The van der Waals surface area contributed by atoms with E-state index in [1.54, 1.807) is 6.26 Å². The minimum Gasteiger partial charge on any atom is -0.404 e. The van der Waals surface area contributed by atoms with Gasteiger partial charge in [-0.1, -0.05) is 12.1 Å². The predicted molar refractivity (Wildman–Crippen MR) is 86.0 cm³/mol. The Morgan fingerprint density at radius 1 is 1.24 bits per heavy atom. The van der Waals surface area contributed by atoms with E-state index in [9.17, 15) is 28.1 Å². The van der Waals surface area contributed by atoms with Gasteiger partial charge >= 0.3 is 6.36 Å². The van der Waals surface area contributed by atoms with Crippen molar-refractivity contribution in [3.63, 3.8) is 0 Å². The van der Waals surface area contributed by atoms with Crippen molar-refractivity contribution in [1.29, 1.82) is 0 Å². The molecule has 0 aliphatic rings. The molecule has 2 aromatic rings. The minimum atomic E-state index is -4.94. The maximum atomic E-state index is 12.4. The maximum absolute atomic E-state index is 12.4. The summed E-state index contributed by atoms with van der Waals surface area (Å²) in [5.41, 5.74) is -0.975. The number of benzene rings is 2. The van der Waals surface area contributed by atoms with Crippen LogP contribution in [0.5, 0.6) is 5.75 Å². The van der Waals surface area contributed by atoms with Crippen molar-refractivity contribution >= 4 is 29.0 Å². The highest BCUT2D eigenvalue weighted by Crippen LogP contribution is 2.31. The van der Waals surface area contributed by atoms with Gasteiger partial charge in [-0.25, -0.2) is 0 Å². The quantitative estimate of drug-likeness (QED) is 0.476. The monoisotopic (exact) mass is 372 g/mol. The first-order valence-corrected chi connectivity index (χ1v) is 7.92. The number of nitro groups is 1. The Morgan fingerprint density at radius 3 is 2.52 bits per heavy atom. The molecule has 10 heteroatoms. The van der Waals surface area contributed by atoms with Gasteiger partial charge in [0.05, 0.1) is 10.6 Å². The van der Waals surface area contributed by atoms with Crippen LogP contribution in [0, 0.1) is 10.1 Å². The molecule has 0 radical (unpaired) electrons. The van der Waals surface area contributed by atoms with Crippen molar-refractivity contribution in [3.05, 3.63) is 58.1 Å². The summed E-state index contributed by atoms with van der Waals surface area (Å²) in [7, 11) is 0. The maximum Gasteiger partial charge on any atom is 0.573 e. The van der Waals surface area contributed by atoms with Crippen molar-refractivity contribution in [2.75, 3.05) is 11.6 Å². The Hall–Kier alpha value is -2.75. The molecule has 0 atom stereocenters. The lowest BCUT2D eigenvalue weighted by atomic mass is 10.1. The molecule has 0 bridgehead atoms. The molecule has 0 saturated carbocycles. The minimum absolute atomic E-state index is 0.256. The Kier molecular flexibility index (Phi) is 5.52. The molecule has 0 aliphatic carbocycles. The Morgan fingerprint density at radius 2 is 1.92 bits per heavy atom. The van der Waals surface area contributed by atoms with Crippen LogP contribution in [0.1, 0.15) is 10.4 Å². The third-order valence-corrected chi connectivity index (χ3v) is 3.73. The highest BCUT2D eigenvalue weighted by Gasteiger charge is 2.32. The number of alkyl halides is 3. The van der Waals surface area contributed by atoms with Crippen LogP contribution < -0.4 is 10.1 Å². The van der Waals surface area contributed by atoms with Crippen LogP contribution in [-0.4, -0.2) is 23.4 Å². The number of amides is 1. The Balaban J connectivity index is 2.36. The van der Waals surface area contributed by atoms with E-state index in [1.165, 1.54) is 48.2 Å². The summed E-state index contributed by atoms with van der Waals surface area (Å²) in [4.78, 5) is 23.3. The van der Waals surface area contributed by atoms with Crippen molar-refractivity contribution in [3.8, 4) is 5.75 Å². The molecule has 0 aliphatic heterocycles. The van der Waals surface area contributed by atoms with Crippen LogP contribution >= 0.6 is 11.8 Å². The number of carbonyl (C=O) groups excluding carboxylic acids is 1. The molecule has 0 fully saturated rings. The second-order valence-corrected chi connectivity index (χ2v) is 5.52. The summed E-state index contributed by atoms with van der Waals surface area (Å²) in [6, 6.07) is 8.85. The molecule has 6 nitrogen and oxygen atoms in total. The number of para-hydroxylation sites is 2. The Labute approximate surface area is 144 Å². The second kappa shape index (κ2) is 7.43. The molecule has 1 N–H and O–H groups in total. The molecule has 0 heterocycles. The standard InChI is InChI=1S/C15H11F3N2O4S/c1-25-9-6-7-12(20(22)23)10(8-9)14(21)19-11-4-2-3-5-13(11)24-15(16,17)18/h2-8H,1H3,(H,19,21). The number of ether oxygens (including phenoxy) is 1. The van der Waals surface area contributed by atoms with Crippen LogP contribution in [0.4, 0.5) is 24.5 Å². The van der Waals surface area contributed by atoms with E-state index < -0.39 is 28.6 Å². The zero-order valence-electron chi connectivity index (χ0n) is 12.7. The van der Waals surface area contributed by atoms with Crippen LogP contribution in [0.3, 0.4) is 0 Å². The van der Waals surface area contributed by atoms with Crippen molar-refractivity contribution in [2.24, 2.45) is 0 Å². The number of nitrogens with zero attached hydrogens (tertiary/aromatic N) is 1. The predicted octanol–water partition coefficient (Wildman–Crippen LogP) is 4.47. The van der Waals surface area contributed by atoms with Crippen LogP contribution in [0.15, 0.2) is 47.4 Å². The van der Waals surface area contributed by atoms with Gasteiger partial charge in [0.15, 0.2) is 5.75 Å². The van der Waals surface area contributed by atoms with Crippen molar-refractivity contribution in [1.82, 2.24) is 0 Å². The second-order valence-electron chi connectivity index (χ2n) is 4.64. The summed E-state index contributed by atoms with van der Waals surface area (Å²) < 4.78 is 41.1. The van der Waals surface area contributed by atoms with E-state index in [2.05, 4.69) is 10.1 Å². The lowest BCUT2D eigenvalue weighted by Crippen LogP contribution is -2.20. The summed E-state index contributed by atoms with van der Waals surface area (Å²) >= 11 is 1.26. The fourth-order valence-corrected chi connectivity index (χ4v) is 2.40. The first kappa shape index (κ1) is 18.6. The van der Waals surface area contributed by atoms with E-state index in [1.807, 2.05) is 0 Å². The van der Waals surface area contributed by atoms with E-state index in [0.29, 0.717) is 4.90 Å². The summed E-state index contributed by atoms with van der Waals surface area (Å²) in [5, 5.41) is 13.3. The molecule has 0 spiro atoms. The molecule has 1 amide bonds. The van der Waals surface area contributed by atoms with Gasteiger partial charge in [0.1, 0.15) is 5.56 Å². The molecule has 132 valence electrons. The largest absolute Gasteiger partial charge is 0.573 e. The number of nitrogens with one attached hydrogen (secondary N) is 1. The highest BCUT2D eigenvalue weighted by molar-refractivity contribution is 7.98. The van der Waals surface area contributed by atoms with E-state index in [0.717, 1.165) is 6.07 Å². The molecule has 0 aromatic heterocycles. The van der Waals surface area contributed by atoms with E-state index in [-0.39, 0.29) is 11.3 Å². The molecular formula is C15H11F3N2O4S. The van der Waals surface area contributed by atoms with Gasteiger partial charge in [-0.05, 0) is 30.5 Å². The van der Waals surface area contributed by atoms with E-state index in [4.69, 9.17) is 0 Å². The zero-order chi connectivity index (χ0) is 18.6. The summed E-state index contributed by atoms with van der Waals surface area (Å²) in [5.74, 6) is -1.53. The fraction of sp³-hybridized carbons (Fsp3) is 0.133. The number of halogens is 3. The smallest absolute Gasteiger partial charge is 0.404 e. The molecule has 2 aromatic carbocycles. The van der Waals surface area contributed by atoms with Crippen LogP contribution in [0.25, 0.3) is 0 Å². The van der Waals surface area contributed by atoms with Gasteiger partial charge < -0.3 is 10.1 Å². The molecular weight excluding hydrogens is 361 g/mol. The lowest BCUT2D eigenvalue weighted by molar-refractivity contribution is -0.385. The van der Waals surface area contributed by atoms with Crippen molar-refractivity contribution < 1.29 is 27.6 Å². The number of carbonyl (C=O) groups is 1. The van der Waals surface area contributed by atoms with Gasteiger partial charge in [-0.15, -0.1) is 24.9 Å². The lowest BCUT2D eigenvalue weighted by Gasteiger charge is -2.14. The van der Waals surface area contributed by atoms with Crippen molar-refractivity contribution in [2.45, 2.75) is 11.3 Å². The van der Waals surface area contributed by atoms with E-state index >= 15 is 0 Å². The first-order chi connectivity index (χ1) is 11.7. The third kappa shape index (κ3) is 4.86. The number of hydrogen-bond donors (Lipinski definition) is 1. The fourth-order valence-electron chi connectivity index (χ4n) is 1.96. The highest BCUT2D eigenvalue weighted by atomic mass is 32.2. The molecule has 0 unspecified atom stereocenters.